The van der Waals surface area contributed by atoms with Gasteiger partial charge in [0.1, 0.15) is 0 Å². The van der Waals surface area contributed by atoms with Crippen molar-refractivity contribution in [3.8, 4) is 0 Å². The molecule has 4 heteroatoms. The van der Waals surface area contributed by atoms with Crippen molar-refractivity contribution in [2.75, 3.05) is 0 Å². The van der Waals surface area contributed by atoms with Gasteiger partial charge in [-0.15, -0.1) is 22.9 Å². The van der Waals surface area contributed by atoms with Gasteiger partial charge in [-0.1, -0.05) is 17.7 Å². The predicted octanol–water partition coefficient (Wildman–Crippen LogP) is 3.79. The highest BCUT2D eigenvalue weighted by atomic mass is 35.5. The molecule has 2 aromatic rings. The lowest BCUT2D eigenvalue weighted by molar-refractivity contribution is 0.285. The molecule has 0 spiro atoms. The van der Waals surface area contributed by atoms with Gasteiger partial charge >= 0.3 is 0 Å². The van der Waals surface area contributed by atoms with Crippen LogP contribution in [0.2, 0.25) is 5.02 Å². The third-order valence-electron chi connectivity index (χ3n) is 2.06. The maximum absolute atomic E-state index is 9.03. The molecular formula is C10H8Cl2OS. The number of fused-ring (bicyclic) bond motifs is 1. The van der Waals surface area contributed by atoms with E-state index in [9.17, 15) is 0 Å². The first-order valence-electron chi connectivity index (χ1n) is 4.13. The van der Waals surface area contributed by atoms with E-state index >= 15 is 0 Å². The van der Waals surface area contributed by atoms with E-state index in [1.807, 2.05) is 18.2 Å². The van der Waals surface area contributed by atoms with E-state index in [0.29, 0.717) is 10.9 Å². The van der Waals surface area contributed by atoms with Crippen molar-refractivity contribution in [1.29, 1.82) is 0 Å². The molecular weight excluding hydrogens is 239 g/mol. The van der Waals surface area contributed by atoms with Gasteiger partial charge in [-0.05, 0) is 17.7 Å². The summed E-state index contributed by atoms with van der Waals surface area (Å²) in [5.74, 6) is 0.471. The van der Waals surface area contributed by atoms with E-state index in [1.54, 1.807) is 11.3 Å². The summed E-state index contributed by atoms with van der Waals surface area (Å²) >= 11 is 13.4. The van der Waals surface area contributed by atoms with Gasteiger partial charge in [0.15, 0.2) is 0 Å². The zero-order valence-electron chi connectivity index (χ0n) is 7.26. The molecule has 0 radical (unpaired) electrons. The van der Waals surface area contributed by atoms with Crippen molar-refractivity contribution in [3.05, 3.63) is 33.7 Å². The quantitative estimate of drug-likeness (QED) is 0.800. The number of alkyl halides is 1. The molecule has 0 saturated heterocycles. The normalized spacial score (nSPS) is 11.1. The van der Waals surface area contributed by atoms with E-state index in [-0.39, 0.29) is 6.61 Å². The van der Waals surface area contributed by atoms with Gasteiger partial charge in [-0.3, -0.25) is 0 Å². The summed E-state index contributed by atoms with van der Waals surface area (Å²) in [6.07, 6.45) is 0. The lowest BCUT2D eigenvalue weighted by Gasteiger charge is -1.98. The second kappa shape index (κ2) is 4.07. The van der Waals surface area contributed by atoms with Crippen molar-refractivity contribution >= 4 is 44.6 Å². The van der Waals surface area contributed by atoms with Crippen molar-refractivity contribution in [2.24, 2.45) is 0 Å². The van der Waals surface area contributed by atoms with Crippen LogP contribution in [-0.2, 0) is 12.5 Å². The number of rotatable bonds is 2. The number of hydrogen-bond acceptors (Lipinski definition) is 2. The summed E-state index contributed by atoms with van der Waals surface area (Å²) < 4.78 is 1.08. The second-order valence-corrected chi connectivity index (χ2v) is 4.76. The highest BCUT2D eigenvalue weighted by Gasteiger charge is 2.08. The number of aliphatic hydroxyl groups excluding tert-OH is 1. The Balaban J connectivity index is 2.74. The van der Waals surface area contributed by atoms with Crippen molar-refractivity contribution in [1.82, 2.24) is 0 Å². The minimum atomic E-state index is 0.0530. The minimum absolute atomic E-state index is 0.0530. The molecule has 1 aromatic heterocycles. The molecule has 1 heterocycles. The molecule has 1 aromatic carbocycles. The molecule has 0 fully saturated rings. The smallest absolute Gasteiger partial charge is 0.0774 e. The average Bonchev–Trinajstić information content (AvgIpc) is 2.63. The van der Waals surface area contributed by atoms with Crippen LogP contribution in [-0.4, -0.2) is 5.11 Å². The van der Waals surface area contributed by atoms with Crippen LogP contribution >= 0.6 is 34.5 Å². The van der Waals surface area contributed by atoms with Crippen LogP contribution in [0.3, 0.4) is 0 Å². The molecule has 1 nitrogen and oxygen atoms in total. The Bertz CT molecular complexity index is 464. The summed E-state index contributed by atoms with van der Waals surface area (Å²) in [6.45, 7) is 0.0530. The van der Waals surface area contributed by atoms with E-state index in [2.05, 4.69) is 0 Å². The first-order chi connectivity index (χ1) is 6.76. The molecule has 0 atom stereocenters. The second-order valence-electron chi connectivity index (χ2n) is 2.95. The largest absolute Gasteiger partial charge is 0.391 e. The van der Waals surface area contributed by atoms with Gasteiger partial charge in [-0.2, -0.15) is 0 Å². The SMILES string of the molecule is OCc1cc2c(Cl)ccc(CCl)c2s1. The lowest BCUT2D eigenvalue weighted by Crippen LogP contribution is -1.77. The Morgan fingerprint density at radius 3 is 2.79 bits per heavy atom. The van der Waals surface area contributed by atoms with E-state index in [0.717, 1.165) is 20.5 Å². The molecule has 0 unspecified atom stereocenters. The molecule has 2 rings (SSSR count). The summed E-state index contributed by atoms with van der Waals surface area (Å²) in [5.41, 5.74) is 1.07. The standard InChI is InChI=1S/C10H8Cl2OS/c11-4-6-1-2-9(12)8-3-7(5-13)14-10(6)8/h1-3,13H,4-5H2. The van der Waals surface area contributed by atoms with Gasteiger partial charge < -0.3 is 5.11 Å². The zero-order chi connectivity index (χ0) is 10.1. The fourth-order valence-electron chi connectivity index (χ4n) is 1.38. The maximum Gasteiger partial charge on any atom is 0.0774 e. The lowest BCUT2D eigenvalue weighted by atomic mass is 10.2. The number of benzene rings is 1. The van der Waals surface area contributed by atoms with Crippen LogP contribution in [0.5, 0.6) is 0 Å². The van der Waals surface area contributed by atoms with Crippen LogP contribution in [0.4, 0.5) is 0 Å². The highest BCUT2D eigenvalue weighted by molar-refractivity contribution is 7.19. The van der Waals surface area contributed by atoms with Crippen molar-refractivity contribution in [2.45, 2.75) is 12.5 Å². The molecule has 0 saturated carbocycles. The van der Waals surface area contributed by atoms with Gasteiger partial charge in [0.2, 0.25) is 0 Å². The molecule has 0 amide bonds. The Labute approximate surface area is 95.9 Å². The van der Waals surface area contributed by atoms with Gasteiger partial charge in [0.05, 0.1) is 6.61 Å². The Morgan fingerprint density at radius 2 is 2.14 bits per heavy atom. The van der Waals surface area contributed by atoms with Crippen LogP contribution in [0, 0.1) is 0 Å². The summed E-state index contributed by atoms with van der Waals surface area (Å²) in [7, 11) is 0. The Morgan fingerprint density at radius 1 is 1.36 bits per heavy atom. The molecule has 14 heavy (non-hydrogen) atoms. The van der Waals surface area contributed by atoms with Crippen molar-refractivity contribution in [3.63, 3.8) is 0 Å². The van der Waals surface area contributed by atoms with Crippen LogP contribution in [0.25, 0.3) is 10.1 Å². The number of aliphatic hydroxyl groups is 1. The van der Waals surface area contributed by atoms with Crippen LogP contribution < -0.4 is 0 Å². The monoisotopic (exact) mass is 246 g/mol. The predicted molar refractivity (Wildman–Crippen MR) is 62.3 cm³/mol. The summed E-state index contributed by atoms with van der Waals surface area (Å²) in [5, 5.41) is 10.7. The maximum atomic E-state index is 9.03. The fourth-order valence-corrected chi connectivity index (χ4v) is 3.00. The molecule has 0 aliphatic carbocycles. The Hall–Kier alpha value is -0.280. The van der Waals surface area contributed by atoms with E-state index in [4.69, 9.17) is 28.3 Å². The minimum Gasteiger partial charge on any atom is -0.391 e. The van der Waals surface area contributed by atoms with Crippen molar-refractivity contribution < 1.29 is 5.11 Å². The topological polar surface area (TPSA) is 20.2 Å². The summed E-state index contributed by atoms with van der Waals surface area (Å²) in [6, 6.07) is 5.68. The number of halogens is 2. The zero-order valence-corrected chi connectivity index (χ0v) is 9.59. The van der Waals surface area contributed by atoms with Crippen LogP contribution in [0.15, 0.2) is 18.2 Å². The van der Waals surface area contributed by atoms with E-state index < -0.39 is 0 Å². The van der Waals surface area contributed by atoms with Gasteiger partial charge in [-0.25, -0.2) is 0 Å². The summed E-state index contributed by atoms with van der Waals surface area (Å²) in [4.78, 5) is 0.916. The molecule has 0 aliphatic heterocycles. The third kappa shape index (κ3) is 1.63. The fraction of sp³-hybridized carbons (Fsp3) is 0.200. The number of hydrogen-bond donors (Lipinski definition) is 1. The highest BCUT2D eigenvalue weighted by Crippen LogP contribution is 2.34. The number of thiophene rings is 1. The molecule has 74 valence electrons. The van der Waals surface area contributed by atoms with Gasteiger partial charge in [0, 0.05) is 25.9 Å². The Kier molecular flexibility index (Phi) is 2.98. The first-order valence-corrected chi connectivity index (χ1v) is 5.85. The van der Waals surface area contributed by atoms with E-state index in [1.165, 1.54) is 0 Å². The molecule has 0 aliphatic rings. The molecule has 1 N–H and O–H groups in total. The van der Waals surface area contributed by atoms with Crippen LogP contribution in [0.1, 0.15) is 10.4 Å². The molecule has 0 bridgehead atoms. The van der Waals surface area contributed by atoms with Gasteiger partial charge in [0.25, 0.3) is 0 Å². The average molecular weight is 247 g/mol. The third-order valence-corrected chi connectivity index (χ3v) is 3.88. The first kappa shape index (κ1) is 10.2.